The summed E-state index contributed by atoms with van der Waals surface area (Å²) in [5.74, 6) is 1.52. The molecule has 0 bridgehead atoms. The van der Waals surface area contributed by atoms with Crippen LogP contribution < -0.4 is 5.73 Å². The van der Waals surface area contributed by atoms with Gasteiger partial charge >= 0.3 is 0 Å². The van der Waals surface area contributed by atoms with E-state index in [1.807, 2.05) is 0 Å². The normalized spacial score (nSPS) is 20.6. The van der Waals surface area contributed by atoms with Gasteiger partial charge in [0.25, 0.3) is 0 Å². The van der Waals surface area contributed by atoms with Gasteiger partial charge in [-0.15, -0.1) is 0 Å². The fraction of sp³-hybridized carbons (Fsp3) is 0.889. The van der Waals surface area contributed by atoms with E-state index in [9.17, 15) is 8.42 Å². The van der Waals surface area contributed by atoms with E-state index in [1.54, 1.807) is 0 Å². The van der Waals surface area contributed by atoms with Crippen molar-refractivity contribution in [3.05, 3.63) is 0 Å². The van der Waals surface area contributed by atoms with E-state index in [0.29, 0.717) is 17.4 Å². The predicted molar refractivity (Wildman–Crippen MR) is 62.3 cm³/mol. The van der Waals surface area contributed by atoms with Crippen LogP contribution in [-0.4, -0.2) is 37.5 Å². The molecule has 1 aliphatic carbocycles. The van der Waals surface area contributed by atoms with Crippen molar-refractivity contribution < 1.29 is 8.42 Å². The van der Waals surface area contributed by atoms with Gasteiger partial charge in [0.15, 0.2) is 0 Å². The number of nitriles is 1. The van der Waals surface area contributed by atoms with E-state index >= 15 is 0 Å². The van der Waals surface area contributed by atoms with Crippen molar-refractivity contribution in [1.82, 2.24) is 0 Å². The first-order valence-corrected chi connectivity index (χ1v) is 8.04. The molecule has 0 amide bonds. The summed E-state index contributed by atoms with van der Waals surface area (Å²) in [5.41, 5.74) is 5.17. The van der Waals surface area contributed by atoms with Crippen LogP contribution >= 0.6 is 11.8 Å². The minimum atomic E-state index is -2.90. The van der Waals surface area contributed by atoms with Gasteiger partial charge in [0.2, 0.25) is 0 Å². The van der Waals surface area contributed by atoms with Crippen molar-refractivity contribution in [3.63, 3.8) is 0 Å². The molecular formula is C9H16N2O2S2. The third-order valence-electron chi connectivity index (χ3n) is 2.45. The summed E-state index contributed by atoms with van der Waals surface area (Å²) in [7, 11) is -2.90. The highest BCUT2D eigenvalue weighted by molar-refractivity contribution is 8.00. The Kier molecular flexibility index (Phi) is 4.04. The number of hydrogen-bond donors (Lipinski definition) is 1. The zero-order valence-electron chi connectivity index (χ0n) is 8.77. The number of thioether (sulfide) groups is 1. The molecule has 0 saturated heterocycles. The average molecular weight is 248 g/mol. The molecule has 0 radical (unpaired) electrons. The number of hydrogen-bond acceptors (Lipinski definition) is 5. The fourth-order valence-corrected chi connectivity index (χ4v) is 3.76. The Bertz CT molecular complexity index is 357. The zero-order chi connectivity index (χ0) is 11.5. The van der Waals surface area contributed by atoms with Crippen molar-refractivity contribution in [2.45, 2.75) is 18.4 Å². The first kappa shape index (κ1) is 12.8. The molecule has 2 N–H and O–H groups in total. The monoisotopic (exact) mass is 248 g/mol. The van der Waals surface area contributed by atoms with Gasteiger partial charge in [0.1, 0.15) is 15.4 Å². The molecule has 0 aromatic rings. The molecule has 1 rings (SSSR count). The summed E-state index contributed by atoms with van der Waals surface area (Å²) < 4.78 is 21.7. The van der Waals surface area contributed by atoms with Gasteiger partial charge in [0, 0.05) is 17.8 Å². The van der Waals surface area contributed by atoms with E-state index in [2.05, 4.69) is 6.07 Å². The van der Waals surface area contributed by atoms with Crippen LogP contribution in [0.1, 0.15) is 12.8 Å². The molecular weight excluding hydrogens is 232 g/mol. The Morgan fingerprint density at radius 3 is 2.60 bits per heavy atom. The van der Waals surface area contributed by atoms with Crippen LogP contribution in [0.4, 0.5) is 0 Å². The van der Waals surface area contributed by atoms with Gasteiger partial charge in [-0.2, -0.15) is 17.0 Å². The summed E-state index contributed by atoms with van der Waals surface area (Å²) in [6.45, 7) is 0. The average Bonchev–Trinajstić information content (AvgIpc) is 2.93. The van der Waals surface area contributed by atoms with Crippen molar-refractivity contribution in [3.8, 4) is 6.07 Å². The highest BCUT2D eigenvalue weighted by Crippen LogP contribution is 2.39. The maximum absolute atomic E-state index is 10.9. The number of rotatable bonds is 6. The standard InChI is InChI=1S/C9H16N2O2S2/c1-15(12,13)5-4-14-7-9(11,6-10)8-2-3-8/h8H,2-5,7,11H2,1H3. The van der Waals surface area contributed by atoms with Crippen LogP contribution in [0.2, 0.25) is 0 Å². The maximum Gasteiger partial charge on any atom is 0.148 e. The molecule has 0 spiro atoms. The van der Waals surface area contributed by atoms with Gasteiger partial charge in [-0.3, -0.25) is 0 Å². The summed E-state index contributed by atoms with van der Waals surface area (Å²) in [5, 5.41) is 8.95. The summed E-state index contributed by atoms with van der Waals surface area (Å²) in [6.07, 6.45) is 3.27. The topological polar surface area (TPSA) is 83.9 Å². The second kappa shape index (κ2) is 4.73. The molecule has 1 atom stereocenters. The van der Waals surface area contributed by atoms with Crippen LogP contribution in [0.5, 0.6) is 0 Å². The van der Waals surface area contributed by atoms with Gasteiger partial charge in [-0.1, -0.05) is 0 Å². The molecule has 0 aromatic carbocycles. The minimum Gasteiger partial charge on any atom is -0.312 e. The second-order valence-electron chi connectivity index (χ2n) is 4.11. The van der Waals surface area contributed by atoms with Crippen LogP contribution in [-0.2, 0) is 9.84 Å². The molecule has 6 heteroatoms. The molecule has 0 heterocycles. The van der Waals surface area contributed by atoms with Gasteiger partial charge < -0.3 is 5.73 Å². The highest BCUT2D eigenvalue weighted by atomic mass is 32.2. The second-order valence-corrected chi connectivity index (χ2v) is 7.47. The number of nitrogens with zero attached hydrogens (tertiary/aromatic N) is 1. The summed E-state index contributed by atoms with van der Waals surface area (Å²) >= 11 is 1.45. The molecule has 1 saturated carbocycles. The summed E-state index contributed by atoms with van der Waals surface area (Å²) in [4.78, 5) is 0. The predicted octanol–water partition coefficient (Wildman–Crippen LogP) is 0.395. The zero-order valence-corrected chi connectivity index (χ0v) is 10.4. The molecule has 0 aromatic heterocycles. The van der Waals surface area contributed by atoms with Gasteiger partial charge in [-0.05, 0) is 18.8 Å². The van der Waals surface area contributed by atoms with Crippen LogP contribution in [0, 0.1) is 17.2 Å². The molecule has 0 aliphatic heterocycles. The Balaban J connectivity index is 2.27. The molecule has 86 valence electrons. The maximum atomic E-state index is 10.9. The molecule has 1 unspecified atom stereocenters. The Morgan fingerprint density at radius 1 is 1.60 bits per heavy atom. The first-order valence-electron chi connectivity index (χ1n) is 4.83. The SMILES string of the molecule is CS(=O)(=O)CCSCC(N)(C#N)C1CC1. The smallest absolute Gasteiger partial charge is 0.148 e. The van der Waals surface area contributed by atoms with Crippen LogP contribution in [0.3, 0.4) is 0 Å². The van der Waals surface area contributed by atoms with Crippen LogP contribution in [0.15, 0.2) is 0 Å². The quantitative estimate of drug-likeness (QED) is 0.688. The van der Waals surface area contributed by atoms with E-state index in [1.165, 1.54) is 18.0 Å². The van der Waals surface area contributed by atoms with E-state index < -0.39 is 15.4 Å². The number of sulfone groups is 1. The minimum absolute atomic E-state index is 0.157. The first-order chi connectivity index (χ1) is 6.87. The lowest BCUT2D eigenvalue weighted by Crippen LogP contribution is -2.43. The van der Waals surface area contributed by atoms with E-state index in [0.717, 1.165) is 12.8 Å². The van der Waals surface area contributed by atoms with Gasteiger partial charge in [-0.25, -0.2) is 8.42 Å². The molecule has 1 aliphatic rings. The van der Waals surface area contributed by atoms with E-state index in [4.69, 9.17) is 11.0 Å². The van der Waals surface area contributed by atoms with Crippen LogP contribution in [0.25, 0.3) is 0 Å². The van der Waals surface area contributed by atoms with Crippen molar-refractivity contribution in [2.75, 3.05) is 23.5 Å². The van der Waals surface area contributed by atoms with Crippen molar-refractivity contribution in [1.29, 1.82) is 5.26 Å². The Morgan fingerprint density at radius 2 is 2.20 bits per heavy atom. The van der Waals surface area contributed by atoms with Gasteiger partial charge in [0.05, 0.1) is 11.8 Å². The van der Waals surface area contributed by atoms with Crippen molar-refractivity contribution >= 4 is 21.6 Å². The lowest BCUT2D eigenvalue weighted by Gasteiger charge is -2.20. The Hall–Kier alpha value is -0.250. The molecule has 4 nitrogen and oxygen atoms in total. The largest absolute Gasteiger partial charge is 0.312 e. The third kappa shape index (κ3) is 4.41. The lowest BCUT2D eigenvalue weighted by atomic mass is 10.00. The fourth-order valence-electron chi connectivity index (χ4n) is 1.29. The third-order valence-corrected chi connectivity index (χ3v) is 4.83. The molecule has 15 heavy (non-hydrogen) atoms. The summed E-state index contributed by atoms with van der Waals surface area (Å²) in [6, 6.07) is 2.15. The van der Waals surface area contributed by atoms with Crippen molar-refractivity contribution in [2.24, 2.45) is 11.7 Å². The highest BCUT2D eigenvalue weighted by Gasteiger charge is 2.42. The molecule has 1 fully saturated rings. The lowest BCUT2D eigenvalue weighted by molar-refractivity contribution is 0.532. The number of nitrogens with two attached hydrogens (primary N) is 1. The van der Waals surface area contributed by atoms with E-state index in [-0.39, 0.29) is 5.75 Å². The Labute approximate surface area is 95.1 Å².